The summed E-state index contributed by atoms with van der Waals surface area (Å²) in [7, 11) is 0. The lowest BCUT2D eigenvalue weighted by molar-refractivity contribution is 0.428. The molecule has 1 nitrogen and oxygen atoms in total. The van der Waals surface area contributed by atoms with E-state index in [9.17, 15) is 0 Å². The minimum absolute atomic E-state index is 0.260. The van der Waals surface area contributed by atoms with Crippen molar-refractivity contribution in [3.63, 3.8) is 0 Å². The van der Waals surface area contributed by atoms with Gasteiger partial charge in [-0.05, 0) is 11.8 Å². The Kier molecular flexibility index (Phi) is 3.56. The Bertz CT molecular complexity index is 259. The highest BCUT2D eigenvalue weighted by molar-refractivity contribution is 9.09. The van der Waals surface area contributed by atoms with Crippen LogP contribution in [0.5, 0.6) is 0 Å². The van der Waals surface area contributed by atoms with Gasteiger partial charge in [-0.3, -0.25) is 0 Å². The molecule has 1 rings (SSSR count). The number of hydrogen-bond acceptors (Lipinski definition) is 2. The van der Waals surface area contributed by atoms with Gasteiger partial charge in [-0.2, -0.15) is 0 Å². The predicted molar refractivity (Wildman–Crippen MR) is 58.4 cm³/mol. The van der Waals surface area contributed by atoms with Gasteiger partial charge in [0.15, 0.2) is 0 Å². The van der Waals surface area contributed by atoms with Gasteiger partial charge in [-0.1, -0.05) is 41.4 Å². The first-order chi connectivity index (χ1) is 5.55. The third-order valence-electron chi connectivity index (χ3n) is 1.59. The van der Waals surface area contributed by atoms with E-state index in [1.165, 1.54) is 4.88 Å². The molecule has 0 saturated carbocycles. The number of halogens is 2. The monoisotopic (exact) mass is 267 g/mol. The quantitative estimate of drug-likeness (QED) is 0.761. The number of thiazole rings is 1. The second kappa shape index (κ2) is 4.07. The summed E-state index contributed by atoms with van der Waals surface area (Å²) in [6.45, 7) is 4.41. The Labute approximate surface area is 90.3 Å². The molecule has 0 radical (unpaired) electrons. The van der Waals surface area contributed by atoms with Crippen molar-refractivity contribution in [1.82, 2.24) is 4.98 Å². The molecule has 0 atom stereocenters. The highest BCUT2D eigenvalue weighted by atomic mass is 79.9. The summed E-state index contributed by atoms with van der Waals surface area (Å²) in [5.41, 5.74) is 2.05. The molecule has 0 aliphatic carbocycles. The van der Waals surface area contributed by atoms with Gasteiger partial charge in [0.1, 0.15) is 5.15 Å². The Hall–Kier alpha value is 0.400. The number of nitrogens with zero attached hydrogens (tertiary/aromatic N) is 1. The van der Waals surface area contributed by atoms with Crippen LogP contribution in [0, 0.1) is 5.41 Å². The number of rotatable bonds is 3. The third kappa shape index (κ3) is 2.71. The summed E-state index contributed by atoms with van der Waals surface area (Å²) in [4.78, 5) is 5.19. The molecule has 0 amide bonds. The van der Waals surface area contributed by atoms with E-state index in [4.69, 9.17) is 11.6 Å². The number of aromatic nitrogens is 1. The van der Waals surface area contributed by atoms with E-state index in [1.54, 1.807) is 16.8 Å². The fourth-order valence-corrected chi connectivity index (χ4v) is 2.27. The van der Waals surface area contributed by atoms with E-state index < -0.39 is 0 Å². The molecule has 0 unspecified atom stereocenters. The van der Waals surface area contributed by atoms with Crippen molar-refractivity contribution >= 4 is 38.9 Å². The second-order valence-corrected chi connectivity index (χ2v) is 5.40. The van der Waals surface area contributed by atoms with Crippen LogP contribution in [-0.2, 0) is 6.42 Å². The van der Waals surface area contributed by atoms with Crippen LogP contribution in [0.2, 0.25) is 5.15 Å². The fraction of sp³-hybridized carbons (Fsp3) is 0.625. The van der Waals surface area contributed by atoms with Gasteiger partial charge in [0.25, 0.3) is 0 Å². The van der Waals surface area contributed by atoms with Gasteiger partial charge in [-0.25, -0.2) is 4.98 Å². The van der Waals surface area contributed by atoms with E-state index in [1.807, 2.05) is 0 Å². The van der Waals surface area contributed by atoms with Crippen LogP contribution in [0.25, 0.3) is 0 Å². The van der Waals surface area contributed by atoms with Crippen LogP contribution in [-0.4, -0.2) is 10.3 Å². The van der Waals surface area contributed by atoms with Crippen molar-refractivity contribution in [3.05, 3.63) is 15.5 Å². The van der Waals surface area contributed by atoms with Crippen LogP contribution in [0.3, 0.4) is 0 Å². The highest BCUT2D eigenvalue weighted by Gasteiger charge is 2.19. The number of alkyl halides is 1. The average Bonchev–Trinajstić information content (AvgIpc) is 2.36. The van der Waals surface area contributed by atoms with Crippen LogP contribution in [0.4, 0.5) is 0 Å². The molecule has 68 valence electrons. The maximum atomic E-state index is 5.89. The number of hydrogen-bond donors (Lipinski definition) is 0. The van der Waals surface area contributed by atoms with Crippen molar-refractivity contribution in [2.24, 2.45) is 5.41 Å². The first-order valence-corrected chi connectivity index (χ1v) is 6.07. The van der Waals surface area contributed by atoms with Crippen molar-refractivity contribution in [3.8, 4) is 0 Å². The van der Waals surface area contributed by atoms with Gasteiger partial charge in [0.05, 0.1) is 5.51 Å². The van der Waals surface area contributed by atoms with Gasteiger partial charge >= 0.3 is 0 Å². The Morgan fingerprint density at radius 3 is 2.75 bits per heavy atom. The zero-order chi connectivity index (χ0) is 9.19. The lowest BCUT2D eigenvalue weighted by Gasteiger charge is -2.20. The minimum Gasteiger partial charge on any atom is -0.233 e. The normalized spacial score (nSPS) is 12.0. The van der Waals surface area contributed by atoms with Gasteiger partial charge in [-0.15, -0.1) is 11.3 Å². The van der Waals surface area contributed by atoms with E-state index in [-0.39, 0.29) is 5.41 Å². The Morgan fingerprint density at radius 2 is 2.33 bits per heavy atom. The summed E-state index contributed by atoms with van der Waals surface area (Å²) < 4.78 is 0. The van der Waals surface area contributed by atoms with E-state index in [0.29, 0.717) is 5.15 Å². The van der Waals surface area contributed by atoms with Crippen LogP contribution in [0.1, 0.15) is 18.7 Å². The first kappa shape index (κ1) is 10.5. The summed E-state index contributed by atoms with van der Waals surface area (Å²) in [5.74, 6) is 0. The largest absolute Gasteiger partial charge is 0.233 e. The molecule has 0 N–H and O–H groups in total. The Balaban J connectivity index is 2.70. The molecule has 0 bridgehead atoms. The summed E-state index contributed by atoms with van der Waals surface area (Å²) in [5, 5.41) is 1.64. The summed E-state index contributed by atoms with van der Waals surface area (Å²) in [6.07, 6.45) is 0.988. The fourth-order valence-electron chi connectivity index (χ4n) is 0.853. The molecule has 1 aromatic heterocycles. The molecular weight excluding hydrogens is 258 g/mol. The van der Waals surface area contributed by atoms with Crippen molar-refractivity contribution in [1.29, 1.82) is 0 Å². The molecule has 0 aliphatic rings. The molecule has 0 saturated heterocycles. The van der Waals surface area contributed by atoms with Crippen LogP contribution < -0.4 is 0 Å². The summed E-state index contributed by atoms with van der Waals surface area (Å²) in [6, 6.07) is 0. The molecule has 0 aliphatic heterocycles. The molecule has 1 heterocycles. The third-order valence-corrected chi connectivity index (χ3v) is 4.38. The zero-order valence-corrected chi connectivity index (χ0v) is 10.3. The van der Waals surface area contributed by atoms with Crippen molar-refractivity contribution < 1.29 is 0 Å². The molecule has 0 fully saturated rings. The van der Waals surface area contributed by atoms with Gasteiger partial charge < -0.3 is 0 Å². The lowest BCUT2D eigenvalue weighted by Crippen LogP contribution is -2.15. The SMILES string of the molecule is CC(C)(CBr)Cc1scnc1Cl. The standard InChI is InChI=1S/C8H11BrClNS/c1-8(2,4-9)3-6-7(10)11-5-12-6/h5H,3-4H2,1-2H3. The second-order valence-electron chi connectivity index (χ2n) is 3.54. The first-order valence-electron chi connectivity index (χ1n) is 3.69. The topological polar surface area (TPSA) is 12.9 Å². The Morgan fingerprint density at radius 1 is 1.67 bits per heavy atom. The van der Waals surface area contributed by atoms with E-state index in [0.717, 1.165) is 11.8 Å². The van der Waals surface area contributed by atoms with E-state index >= 15 is 0 Å². The van der Waals surface area contributed by atoms with Gasteiger partial charge in [0, 0.05) is 10.2 Å². The molecule has 4 heteroatoms. The molecule has 12 heavy (non-hydrogen) atoms. The van der Waals surface area contributed by atoms with Gasteiger partial charge in [0.2, 0.25) is 0 Å². The smallest absolute Gasteiger partial charge is 0.143 e. The molecular formula is C8H11BrClNS. The lowest BCUT2D eigenvalue weighted by atomic mass is 9.92. The predicted octanol–water partition coefficient (Wildman–Crippen LogP) is 3.76. The average molecular weight is 269 g/mol. The zero-order valence-electron chi connectivity index (χ0n) is 7.10. The van der Waals surface area contributed by atoms with Crippen molar-refractivity contribution in [2.45, 2.75) is 20.3 Å². The highest BCUT2D eigenvalue weighted by Crippen LogP contribution is 2.29. The molecule has 1 aromatic rings. The minimum atomic E-state index is 0.260. The maximum Gasteiger partial charge on any atom is 0.143 e. The maximum absolute atomic E-state index is 5.89. The van der Waals surface area contributed by atoms with Crippen LogP contribution in [0.15, 0.2) is 5.51 Å². The molecule has 0 aromatic carbocycles. The van der Waals surface area contributed by atoms with Crippen LogP contribution >= 0.6 is 38.9 Å². The summed E-state index contributed by atoms with van der Waals surface area (Å²) >= 11 is 11.0. The molecule has 0 spiro atoms. The van der Waals surface area contributed by atoms with Crippen molar-refractivity contribution in [2.75, 3.05) is 5.33 Å². The van der Waals surface area contributed by atoms with E-state index in [2.05, 4.69) is 34.8 Å².